The molecule has 7 rings (SSSR count). The van der Waals surface area contributed by atoms with Crippen molar-refractivity contribution in [1.29, 1.82) is 0 Å². The molecule has 4 nitrogen and oxygen atoms in total. The number of rotatable bonds is 10. The number of fused-ring (bicyclic) bond motifs is 1. The van der Waals surface area contributed by atoms with Crippen molar-refractivity contribution >= 4 is 11.6 Å². The van der Waals surface area contributed by atoms with Gasteiger partial charge in [0.05, 0.1) is 12.0 Å². The van der Waals surface area contributed by atoms with Gasteiger partial charge in [-0.15, -0.1) is 0 Å². The van der Waals surface area contributed by atoms with Gasteiger partial charge in [-0.3, -0.25) is 9.69 Å². The predicted octanol–water partition coefficient (Wildman–Crippen LogP) is 9.11. The molecule has 0 aromatic heterocycles. The highest BCUT2D eigenvalue weighted by molar-refractivity contribution is 6.08. The smallest absolute Gasteiger partial charge is 0.240 e. The van der Waals surface area contributed by atoms with Gasteiger partial charge in [0.1, 0.15) is 24.7 Å². The molecule has 0 radical (unpaired) electrons. The van der Waals surface area contributed by atoms with Gasteiger partial charge in [-0.1, -0.05) is 146 Å². The molecule has 0 aliphatic carbocycles. The number of carbonyl (C=O) groups excluding carboxylic acids is 1. The zero-order valence-electron chi connectivity index (χ0n) is 24.8. The standard InChI is InChI=1S/C41H33NO3/c43-41-39(35-23-13-14-24-37(35)42(41)40(32-19-9-3-10-20-32)33-21-11-4-12-22-33)36-26-25-34(44-28-30-15-5-1-6-16-30)27-38(36)45-29-31-17-7-2-8-18-31/h1-27,39-40H,28-29H2. The van der Waals surface area contributed by atoms with Crippen LogP contribution in [0.25, 0.3) is 0 Å². The molecule has 0 N–H and O–H groups in total. The summed E-state index contributed by atoms with van der Waals surface area (Å²) in [6.45, 7) is 0.812. The van der Waals surface area contributed by atoms with Crippen LogP contribution in [0.15, 0.2) is 164 Å². The molecule has 6 aromatic carbocycles. The van der Waals surface area contributed by atoms with Crippen LogP contribution in [0, 0.1) is 0 Å². The first-order chi connectivity index (χ1) is 22.3. The Labute approximate surface area is 264 Å². The predicted molar refractivity (Wildman–Crippen MR) is 178 cm³/mol. The van der Waals surface area contributed by atoms with Crippen molar-refractivity contribution < 1.29 is 14.3 Å². The van der Waals surface area contributed by atoms with E-state index in [1.54, 1.807) is 0 Å². The minimum Gasteiger partial charge on any atom is -0.489 e. The number of amides is 1. The van der Waals surface area contributed by atoms with E-state index in [1.807, 2.05) is 138 Å². The van der Waals surface area contributed by atoms with Crippen molar-refractivity contribution in [3.8, 4) is 11.5 Å². The summed E-state index contributed by atoms with van der Waals surface area (Å²) in [5.74, 6) is 0.796. The molecule has 1 heterocycles. The summed E-state index contributed by atoms with van der Waals surface area (Å²) in [5, 5.41) is 0. The number of para-hydroxylation sites is 1. The average molecular weight is 588 g/mol. The van der Waals surface area contributed by atoms with Gasteiger partial charge in [0.25, 0.3) is 0 Å². The second kappa shape index (κ2) is 12.9. The summed E-state index contributed by atoms with van der Waals surface area (Å²) >= 11 is 0. The van der Waals surface area contributed by atoms with Gasteiger partial charge in [0, 0.05) is 17.3 Å². The molecule has 0 fully saturated rings. The molecule has 1 amide bonds. The monoisotopic (exact) mass is 587 g/mol. The van der Waals surface area contributed by atoms with E-state index in [1.165, 1.54) is 0 Å². The molecule has 0 saturated carbocycles. The molecule has 45 heavy (non-hydrogen) atoms. The highest BCUT2D eigenvalue weighted by Gasteiger charge is 2.43. The first-order valence-electron chi connectivity index (χ1n) is 15.3. The lowest BCUT2D eigenvalue weighted by molar-refractivity contribution is -0.118. The summed E-state index contributed by atoms with van der Waals surface area (Å²) in [7, 11) is 0. The molecule has 1 unspecified atom stereocenters. The summed E-state index contributed by atoms with van der Waals surface area (Å²) in [4.78, 5) is 16.8. The summed E-state index contributed by atoms with van der Waals surface area (Å²) in [5.41, 5.74) is 6.92. The number of hydrogen-bond donors (Lipinski definition) is 0. The second-order valence-corrected chi connectivity index (χ2v) is 11.2. The molecule has 0 bridgehead atoms. The fourth-order valence-electron chi connectivity index (χ4n) is 6.11. The maximum atomic E-state index is 14.8. The number of hydrogen-bond acceptors (Lipinski definition) is 3. The van der Waals surface area contributed by atoms with Crippen LogP contribution in [-0.4, -0.2) is 5.91 Å². The van der Waals surface area contributed by atoms with Crippen LogP contribution in [0.5, 0.6) is 11.5 Å². The SMILES string of the molecule is O=C1C(c2ccc(OCc3ccccc3)cc2OCc2ccccc2)c2ccccc2N1C(c1ccccc1)c1ccccc1. The van der Waals surface area contributed by atoms with Crippen LogP contribution in [0.2, 0.25) is 0 Å². The summed E-state index contributed by atoms with van der Waals surface area (Å²) in [6, 6.07) is 54.3. The minimum atomic E-state index is -0.537. The van der Waals surface area contributed by atoms with E-state index < -0.39 is 5.92 Å². The van der Waals surface area contributed by atoms with E-state index in [0.29, 0.717) is 24.7 Å². The zero-order chi connectivity index (χ0) is 30.4. The summed E-state index contributed by atoms with van der Waals surface area (Å²) < 4.78 is 12.7. The van der Waals surface area contributed by atoms with Gasteiger partial charge in [0.15, 0.2) is 0 Å². The highest BCUT2D eigenvalue weighted by Crippen LogP contribution is 2.49. The van der Waals surface area contributed by atoms with Gasteiger partial charge in [0.2, 0.25) is 5.91 Å². The Hall–Kier alpha value is -5.61. The van der Waals surface area contributed by atoms with Crippen LogP contribution in [0.1, 0.15) is 45.3 Å². The average Bonchev–Trinajstić information content (AvgIpc) is 3.39. The van der Waals surface area contributed by atoms with Crippen molar-refractivity contribution in [3.63, 3.8) is 0 Å². The van der Waals surface area contributed by atoms with Gasteiger partial charge < -0.3 is 9.47 Å². The third kappa shape index (κ3) is 5.96. The van der Waals surface area contributed by atoms with Crippen LogP contribution in [-0.2, 0) is 18.0 Å². The summed E-state index contributed by atoms with van der Waals surface area (Å²) in [6.07, 6.45) is 0. The fraction of sp³-hybridized carbons (Fsp3) is 0.0976. The Balaban J connectivity index is 1.29. The zero-order valence-corrected chi connectivity index (χ0v) is 24.8. The molecule has 1 aliphatic rings. The Kier molecular flexibility index (Phi) is 8.11. The van der Waals surface area contributed by atoms with Gasteiger partial charge >= 0.3 is 0 Å². The molecular formula is C41H33NO3. The van der Waals surface area contributed by atoms with Crippen LogP contribution in [0.4, 0.5) is 5.69 Å². The molecule has 1 atom stereocenters. The second-order valence-electron chi connectivity index (χ2n) is 11.2. The molecular weight excluding hydrogens is 554 g/mol. The molecule has 0 spiro atoms. The van der Waals surface area contributed by atoms with Gasteiger partial charge in [-0.05, 0) is 39.9 Å². The van der Waals surface area contributed by atoms with Crippen LogP contribution >= 0.6 is 0 Å². The molecule has 6 aromatic rings. The number of anilines is 1. The molecule has 1 aliphatic heterocycles. The minimum absolute atomic E-state index is 0.0106. The first kappa shape index (κ1) is 28.2. The van der Waals surface area contributed by atoms with Crippen LogP contribution in [0.3, 0.4) is 0 Å². The molecule has 0 saturated heterocycles. The quantitative estimate of drug-likeness (QED) is 0.160. The normalized spacial score (nSPS) is 13.9. The van der Waals surface area contributed by atoms with E-state index in [2.05, 4.69) is 30.3 Å². The lowest BCUT2D eigenvalue weighted by Gasteiger charge is -2.30. The maximum absolute atomic E-state index is 14.8. The fourth-order valence-corrected chi connectivity index (χ4v) is 6.11. The third-order valence-corrected chi connectivity index (χ3v) is 8.26. The van der Waals surface area contributed by atoms with Crippen LogP contribution < -0.4 is 14.4 Å². The van der Waals surface area contributed by atoms with Crippen molar-refractivity contribution in [2.45, 2.75) is 25.2 Å². The number of ether oxygens (including phenoxy) is 2. The Morgan fingerprint density at radius 3 is 1.64 bits per heavy atom. The molecule has 220 valence electrons. The maximum Gasteiger partial charge on any atom is 0.240 e. The van der Waals surface area contributed by atoms with Gasteiger partial charge in [-0.25, -0.2) is 0 Å². The van der Waals surface area contributed by atoms with Crippen molar-refractivity contribution in [2.75, 3.05) is 4.90 Å². The van der Waals surface area contributed by atoms with Gasteiger partial charge in [-0.2, -0.15) is 0 Å². The van der Waals surface area contributed by atoms with E-state index in [0.717, 1.165) is 39.1 Å². The number of nitrogens with zero attached hydrogens (tertiary/aromatic N) is 1. The number of benzene rings is 6. The van der Waals surface area contributed by atoms with E-state index in [4.69, 9.17) is 9.47 Å². The third-order valence-electron chi connectivity index (χ3n) is 8.26. The van der Waals surface area contributed by atoms with Crippen molar-refractivity contribution in [2.24, 2.45) is 0 Å². The van der Waals surface area contributed by atoms with E-state index in [9.17, 15) is 4.79 Å². The van der Waals surface area contributed by atoms with E-state index >= 15 is 0 Å². The van der Waals surface area contributed by atoms with Crippen molar-refractivity contribution in [3.05, 3.63) is 197 Å². The Bertz CT molecular complexity index is 1840. The van der Waals surface area contributed by atoms with Crippen molar-refractivity contribution in [1.82, 2.24) is 0 Å². The lowest BCUT2D eigenvalue weighted by atomic mass is 9.91. The first-order valence-corrected chi connectivity index (χ1v) is 15.3. The topological polar surface area (TPSA) is 38.8 Å². The van der Waals surface area contributed by atoms with E-state index in [-0.39, 0.29) is 11.9 Å². The Morgan fingerprint density at radius 2 is 1.04 bits per heavy atom. The highest BCUT2D eigenvalue weighted by atomic mass is 16.5. The molecule has 4 heteroatoms. The lowest BCUT2D eigenvalue weighted by Crippen LogP contribution is -2.34. The largest absolute Gasteiger partial charge is 0.489 e. The Morgan fingerprint density at radius 1 is 0.533 bits per heavy atom. The number of carbonyl (C=O) groups is 1.